The van der Waals surface area contributed by atoms with Crippen LogP contribution < -0.4 is 16.0 Å². The van der Waals surface area contributed by atoms with E-state index >= 15 is 0 Å². The number of rotatable bonds is 2. The maximum absolute atomic E-state index is 11.3. The van der Waals surface area contributed by atoms with E-state index in [2.05, 4.69) is 9.97 Å². The van der Waals surface area contributed by atoms with Crippen LogP contribution in [-0.4, -0.2) is 17.1 Å². The first-order valence-corrected chi connectivity index (χ1v) is 5.51. The van der Waals surface area contributed by atoms with Crippen molar-refractivity contribution in [3.8, 4) is 17.0 Å². The van der Waals surface area contributed by atoms with E-state index in [4.69, 9.17) is 4.74 Å². The molecular formula is C13H14N2O3. The quantitative estimate of drug-likeness (QED) is 0.840. The number of aromatic amines is 2. The number of hydrogen-bond acceptors (Lipinski definition) is 3. The lowest BCUT2D eigenvalue weighted by atomic mass is 10.00. The van der Waals surface area contributed by atoms with Gasteiger partial charge in [-0.05, 0) is 37.1 Å². The van der Waals surface area contributed by atoms with Crippen molar-refractivity contribution < 1.29 is 4.74 Å². The molecule has 0 fully saturated rings. The maximum Gasteiger partial charge on any atom is 0.326 e. The molecule has 5 nitrogen and oxygen atoms in total. The first kappa shape index (κ1) is 12.2. The van der Waals surface area contributed by atoms with Crippen LogP contribution in [0.3, 0.4) is 0 Å². The fourth-order valence-electron chi connectivity index (χ4n) is 1.92. The number of H-pyrrole nitrogens is 2. The van der Waals surface area contributed by atoms with Crippen LogP contribution in [0, 0.1) is 13.8 Å². The third-order valence-corrected chi connectivity index (χ3v) is 3.01. The van der Waals surface area contributed by atoms with Gasteiger partial charge in [-0.2, -0.15) is 0 Å². The highest BCUT2D eigenvalue weighted by Crippen LogP contribution is 2.28. The van der Waals surface area contributed by atoms with Gasteiger partial charge in [0, 0.05) is 11.6 Å². The van der Waals surface area contributed by atoms with Crippen LogP contribution in [-0.2, 0) is 0 Å². The van der Waals surface area contributed by atoms with Crippen LogP contribution in [0.25, 0.3) is 11.3 Å². The molecule has 0 aliphatic heterocycles. The zero-order chi connectivity index (χ0) is 13.3. The van der Waals surface area contributed by atoms with Gasteiger partial charge < -0.3 is 9.72 Å². The molecule has 1 heterocycles. The molecule has 0 radical (unpaired) electrons. The molecule has 2 rings (SSSR count). The predicted octanol–water partition coefficient (Wildman–Crippen LogP) is 1.36. The van der Waals surface area contributed by atoms with Crippen LogP contribution in [0.4, 0.5) is 0 Å². The molecule has 2 N–H and O–H groups in total. The molecule has 0 bridgehead atoms. The van der Waals surface area contributed by atoms with Crippen molar-refractivity contribution in [2.75, 3.05) is 7.11 Å². The molecule has 0 atom stereocenters. The summed E-state index contributed by atoms with van der Waals surface area (Å²) >= 11 is 0. The summed E-state index contributed by atoms with van der Waals surface area (Å²) in [4.78, 5) is 27.3. The van der Waals surface area contributed by atoms with E-state index in [9.17, 15) is 9.59 Å². The lowest BCUT2D eigenvalue weighted by Gasteiger charge is -2.12. The van der Waals surface area contributed by atoms with Gasteiger partial charge in [0.2, 0.25) is 0 Å². The molecule has 0 saturated carbocycles. The van der Waals surface area contributed by atoms with Crippen molar-refractivity contribution in [1.82, 2.24) is 9.97 Å². The number of methoxy groups -OCH3 is 1. The summed E-state index contributed by atoms with van der Waals surface area (Å²) in [6.07, 6.45) is 0. The van der Waals surface area contributed by atoms with Gasteiger partial charge in [-0.15, -0.1) is 0 Å². The van der Waals surface area contributed by atoms with E-state index in [0.29, 0.717) is 5.69 Å². The molecule has 0 amide bonds. The summed E-state index contributed by atoms with van der Waals surface area (Å²) in [6, 6.07) is 5.01. The van der Waals surface area contributed by atoms with E-state index in [-0.39, 0.29) is 0 Å². The van der Waals surface area contributed by atoms with Crippen LogP contribution in [0.5, 0.6) is 5.75 Å². The lowest BCUT2D eigenvalue weighted by molar-refractivity contribution is 0.411. The second-order valence-corrected chi connectivity index (χ2v) is 4.07. The first-order chi connectivity index (χ1) is 8.52. The van der Waals surface area contributed by atoms with Crippen molar-refractivity contribution in [2.24, 2.45) is 0 Å². The molecule has 94 valence electrons. The minimum absolute atomic E-state index is 0.415. The van der Waals surface area contributed by atoms with Crippen LogP contribution in [0.15, 0.2) is 27.8 Å². The first-order valence-electron chi connectivity index (χ1n) is 5.51. The Bertz CT molecular complexity index is 670. The van der Waals surface area contributed by atoms with E-state index in [1.807, 2.05) is 26.0 Å². The zero-order valence-corrected chi connectivity index (χ0v) is 10.5. The summed E-state index contributed by atoms with van der Waals surface area (Å²) in [5.74, 6) is 0.781. The number of aromatic nitrogens is 2. The molecule has 18 heavy (non-hydrogen) atoms. The van der Waals surface area contributed by atoms with Crippen LogP contribution >= 0.6 is 0 Å². The van der Waals surface area contributed by atoms with E-state index in [1.165, 1.54) is 6.07 Å². The Morgan fingerprint density at radius 2 is 1.78 bits per heavy atom. The van der Waals surface area contributed by atoms with Crippen molar-refractivity contribution >= 4 is 0 Å². The number of hydrogen-bond donors (Lipinski definition) is 2. The van der Waals surface area contributed by atoms with Gasteiger partial charge in [-0.25, -0.2) is 4.79 Å². The summed E-state index contributed by atoms with van der Waals surface area (Å²) in [5, 5.41) is 0. The Morgan fingerprint density at radius 1 is 1.06 bits per heavy atom. The monoisotopic (exact) mass is 246 g/mol. The average molecular weight is 246 g/mol. The van der Waals surface area contributed by atoms with Gasteiger partial charge in [0.1, 0.15) is 5.75 Å². The van der Waals surface area contributed by atoms with Crippen molar-refractivity contribution in [2.45, 2.75) is 13.8 Å². The molecule has 0 aliphatic rings. The molecule has 2 aromatic rings. The highest BCUT2D eigenvalue weighted by Gasteiger charge is 2.09. The number of nitrogens with one attached hydrogen (secondary N) is 2. The summed E-state index contributed by atoms with van der Waals surface area (Å²) in [5.41, 5.74) is 2.35. The minimum atomic E-state index is -0.509. The predicted molar refractivity (Wildman–Crippen MR) is 69.1 cm³/mol. The normalized spacial score (nSPS) is 10.4. The Hall–Kier alpha value is -2.30. The molecule has 1 aromatic heterocycles. The topological polar surface area (TPSA) is 75.0 Å². The standard InChI is InChI=1S/C13H14N2O3/c1-7-8(2)11(18-3)5-4-9(7)10-6-12(16)15-13(17)14-10/h4-6H,1-3H3,(H2,14,15,16,17). The van der Waals surface area contributed by atoms with Crippen molar-refractivity contribution in [3.05, 3.63) is 50.2 Å². The lowest BCUT2D eigenvalue weighted by Crippen LogP contribution is -2.21. The molecule has 0 unspecified atom stereocenters. The third kappa shape index (κ3) is 2.07. The second kappa shape index (κ2) is 4.52. The fourth-order valence-corrected chi connectivity index (χ4v) is 1.92. The van der Waals surface area contributed by atoms with E-state index < -0.39 is 11.2 Å². The maximum atomic E-state index is 11.3. The minimum Gasteiger partial charge on any atom is -0.496 e. The molecule has 1 aromatic carbocycles. The van der Waals surface area contributed by atoms with Crippen molar-refractivity contribution in [3.63, 3.8) is 0 Å². The van der Waals surface area contributed by atoms with E-state index in [1.54, 1.807) is 7.11 Å². The number of ether oxygens (including phenoxy) is 1. The third-order valence-electron chi connectivity index (χ3n) is 3.01. The Labute approximate surface area is 103 Å². The van der Waals surface area contributed by atoms with Gasteiger partial charge in [0.05, 0.1) is 12.8 Å². The Balaban J connectivity index is 2.68. The van der Waals surface area contributed by atoms with E-state index in [0.717, 1.165) is 22.4 Å². The second-order valence-electron chi connectivity index (χ2n) is 4.07. The Kier molecular flexibility index (Phi) is 3.06. The van der Waals surface area contributed by atoms with Crippen molar-refractivity contribution in [1.29, 1.82) is 0 Å². The highest BCUT2D eigenvalue weighted by atomic mass is 16.5. The molecular weight excluding hydrogens is 232 g/mol. The highest BCUT2D eigenvalue weighted by molar-refractivity contribution is 5.66. The molecule has 5 heteroatoms. The summed E-state index contributed by atoms with van der Waals surface area (Å²) in [7, 11) is 1.61. The van der Waals surface area contributed by atoms with Crippen LogP contribution in [0.2, 0.25) is 0 Å². The molecule has 0 spiro atoms. The van der Waals surface area contributed by atoms with Gasteiger partial charge in [0.25, 0.3) is 5.56 Å². The molecule has 0 saturated heterocycles. The number of benzene rings is 1. The van der Waals surface area contributed by atoms with Gasteiger partial charge in [0.15, 0.2) is 0 Å². The zero-order valence-electron chi connectivity index (χ0n) is 10.5. The average Bonchev–Trinajstić information content (AvgIpc) is 2.31. The van der Waals surface area contributed by atoms with Crippen LogP contribution in [0.1, 0.15) is 11.1 Å². The van der Waals surface area contributed by atoms with Gasteiger partial charge in [-0.1, -0.05) is 0 Å². The fraction of sp³-hybridized carbons (Fsp3) is 0.231. The Morgan fingerprint density at radius 3 is 2.39 bits per heavy atom. The molecule has 0 aliphatic carbocycles. The SMILES string of the molecule is COc1ccc(-c2cc(=O)[nH]c(=O)[nH]2)c(C)c1C. The van der Waals surface area contributed by atoms with Gasteiger partial charge >= 0.3 is 5.69 Å². The largest absolute Gasteiger partial charge is 0.496 e. The summed E-state index contributed by atoms with van der Waals surface area (Å²) < 4.78 is 5.22. The summed E-state index contributed by atoms with van der Waals surface area (Å²) in [6.45, 7) is 3.86. The smallest absolute Gasteiger partial charge is 0.326 e. The van der Waals surface area contributed by atoms with Gasteiger partial charge in [-0.3, -0.25) is 9.78 Å².